The number of aryl methyl sites for hydroxylation is 1. The van der Waals surface area contributed by atoms with Gasteiger partial charge in [-0.25, -0.2) is 8.42 Å². The Hall–Kier alpha value is -3.07. The van der Waals surface area contributed by atoms with Crippen LogP contribution in [0.4, 0.5) is 5.69 Å². The molecule has 0 fully saturated rings. The minimum Gasteiger partial charge on any atom is -0.497 e. The van der Waals surface area contributed by atoms with Gasteiger partial charge in [0.15, 0.2) is 0 Å². The third-order valence-electron chi connectivity index (χ3n) is 5.05. The number of hydrogen-bond acceptors (Lipinski definition) is 5. The van der Waals surface area contributed by atoms with Gasteiger partial charge in [-0.15, -0.1) is 0 Å². The van der Waals surface area contributed by atoms with Gasteiger partial charge in [-0.1, -0.05) is 35.9 Å². The monoisotopic (exact) mass is 475 g/mol. The molecule has 0 spiro atoms. The molecule has 0 radical (unpaired) electrons. The molecule has 2 amide bonds. The van der Waals surface area contributed by atoms with Gasteiger partial charge in [-0.3, -0.25) is 13.9 Å². The highest BCUT2D eigenvalue weighted by molar-refractivity contribution is 7.92. The number of anilines is 1. The number of nitrogens with zero attached hydrogens (tertiary/aromatic N) is 2. The first kappa shape index (κ1) is 26.2. The molecule has 0 aliphatic carbocycles. The second-order valence-electron chi connectivity index (χ2n) is 8.32. The Bertz CT molecular complexity index is 1090. The van der Waals surface area contributed by atoms with E-state index in [0.717, 1.165) is 21.7 Å². The normalized spacial score (nSPS) is 12.2. The number of rotatable bonds is 10. The van der Waals surface area contributed by atoms with Crippen molar-refractivity contribution >= 4 is 27.5 Å². The van der Waals surface area contributed by atoms with Crippen LogP contribution in [0.5, 0.6) is 5.75 Å². The van der Waals surface area contributed by atoms with Crippen LogP contribution in [-0.4, -0.2) is 57.1 Å². The Balaban J connectivity index is 2.40. The zero-order valence-corrected chi connectivity index (χ0v) is 20.8. The van der Waals surface area contributed by atoms with E-state index >= 15 is 0 Å². The van der Waals surface area contributed by atoms with Crippen molar-refractivity contribution in [1.82, 2.24) is 10.2 Å². The lowest BCUT2D eigenvalue weighted by molar-refractivity contribution is -0.139. The molecule has 0 aliphatic heterocycles. The van der Waals surface area contributed by atoms with Crippen LogP contribution < -0.4 is 14.4 Å². The van der Waals surface area contributed by atoms with E-state index in [1.165, 1.54) is 12.0 Å². The van der Waals surface area contributed by atoms with Crippen LogP contribution in [0.15, 0.2) is 48.5 Å². The molecule has 0 aromatic heterocycles. The molecule has 1 N–H and O–H groups in total. The van der Waals surface area contributed by atoms with Crippen molar-refractivity contribution in [3.63, 3.8) is 0 Å². The number of hydrogen-bond donors (Lipinski definition) is 1. The molecule has 0 bridgehead atoms. The molecule has 1 atom stereocenters. The predicted octanol–water partition coefficient (Wildman–Crippen LogP) is 2.71. The molecule has 8 nitrogen and oxygen atoms in total. The quantitative estimate of drug-likeness (QED) is 0.570. The average Bonchev–Trinajstić information content (AvgIpc) is 2.74. The molecule has 0 saturated carbocycles. The molecule has 0 aliphatic rings. The maximum Gasteiger partial charge on any atom is 0.244 e. The van der Waals surface area contributed by atoms with Crippen LogP contribution >= 0.6 is 0 Å². The van der Waals surface area contributed by atoms with Crippen LogP contribution in [0.25, 0.3) is 0 Å². The largest absolute Gasteiger partial charge is 0.497 e. The van der Waals surface area contributed by atoms with Gasteiger partial charge in [0.2, 0.25) is 21.8 Å². The lowest BCUT2D eigenvalue weighted by Crippen LogP contribution is -2.52. The number of amides is 2. The highest BCUT2D eigenvalue weighted by Crippen LogP contribution is 2.23. The number of sulfonamides is 1. The van der Waals surface area contributed by atoms with Crippen molar-refractivity contribution in [2.75, 3.05) is 24.2 Å². The predicted molar refractivity (Wildman–Crippen MR) is 130 cm³/mol. The Morgan fingerprint density at radius 1 is 1.06 bits per heavy atom. The smallest absolute Gasteiger partial charge is 0.244 e. The van der Waals surface area contributed by atoms with Gasteiger partial charge in [0.1, 0.15) is 18.3 Å². The third kappa shape index (κ3) is 7.49. The first-order valence-electron chi connectivity index (χ1n) is 10.7. The summed E-state index contributed by atoms with van der Waals surface area (Å²) < 4.78 is 31.4. The maximum atomic E-state index is 13.5. The summed E-state index contributed by atoms with van der Waals surface area (Å²) >= 11 is 0. The highest BCUT2D eigenvalue weighted by atomic mass is 32.2. The molecule has 9 heteroatoms. The van der Waals surface area contributed by atoms with E-state index in [9.17, 15) is 18.0 Å². The van der Waals surface area contributed by atoms with E-state index in [0.29, 0.717) is 11.4 Å². The lowest BCUT2D eigenvalue weighted by atomic mass is 10.1. The molecule has 0 saturated heterocycles. The minimum atomic E-state index is -3.79. The molecule has 2 aromatic carbocycles. The Morgan fingerprint density at radius 3 is 2.30 bits per heavy atom. The van der Waals surface area contributed by atoms with Gasteiger partial charge in [0.25, 0.3) is 0 Å². The summed E-state index contributed by atoms with van der Waals surface area (Å²) in [5.74, 6) is -0.329. The number of carbonyl (C=O) groups excluding carboxylic acids is 2. The summed E-state index contributed by atoms with van der Waals surface area (Å²) in [5.41, 5.74) is 2.17. The standard InChI is InChI=1S/C24H33N3O5S/c1-17(2)25-24(29)19(4)26(15-20-10-7-9-18(3)13-20)23(28)16-27(33(6,30)31)21-11-8-12-22(14-21)32-5/h7-14,17,19H,15-16H2,1-6H3,(H,25,29). The van der Waals surface area contributed by atoms with Crippen molar-refractivity contribution in [3.8, 4) is 5.75 Å². The number of ether oxygens (including phenoxy) is 1. The Labute approximate surface area is 196 Å². The van der Waals surface area contributed by atoms with Crippen LogP contribution in [0.2, 0.25) is 0 Å². The van der Waals surface area contributed by atoms with Crippen LogP contribution in [-0.2, 0) is 26.2 Å². The third-order valence-corrected chi connectivity index (χ3v) is 6.19. The van der Waals surface area contributed by atoms with Crippen molar-refractivity contribution < 1.29 is 22.7 Å². The van der Waals surface area contributed by atoms with Gasteiger partial charge < -0.3 is 15.0 Å². The topological polar surface area (TPSA) is 96.0 Å². The Morgan fingerprint density at radius 2 is 1.73 bits per heavy atom. The zero-order valence-electron chi connectivity index (χ0n) is 20.0. The molecular formula is C24H33N3O5S. The van der Waals surface area contributed by atoms with Crippen molar-refractivity contribution in [2.24, 2.45) is 0 Å². The molecule has 33 heavy (non-hydrogen) atoms. The maximum absolute atomic E-state index is 13.5. The van der Waals surface area contributed by atoms with Crippen LogP contribution in [0, 0.1) is 6.92 Å². The molecule has 0 heterocycles. The van der Waals surface area contributed by atoms with E-state index in [1.807, 2.05) is 45.0 Å². The van der Waals surface area contributed by atoms with Crippen LogP contribution in [0.1, 0.15) is 31.9 Å². The highest BCUT2D eigenvalue weighted by Gasteiger charge is 2.30. The average molecular weight is 476 g/mol. The first-order valence-corrected chi connectivity index (χ1v) is 12.5. The van der Waals surface area contributed by atoms with Gasteiger partial charge in [0, 0.05) is 18.7 Å². The SMILES string of the molecule is COc1cccc(N(CC(=O)N(Cc2cccc(C)c2)C(C)C(=O)NC(C)C)S(C)(=O)=O)c1. The summed E-state index contributed by atoms with van der Waals surface area (Å²) in [4.78, 5) is 27.6. The fraction of sp³-hybridized carbons (Fsp3) is 0.417. The van der Waals surface area contributed by atoms with E-state index in [2.05, 4.69) is 5.32 Å². The lowest BCUT2D eigenvalue weighted by Gasteiger charge is -2.32. The van der Waals surface area contributed by atoms with Gasteiger partial charge >= 0.3 is 0 Å². The second kappa shape index (κ2) is 11.2. The van der Waals surface area contributed by atoms with Crippen molar-refractivity contribution in [2.45, 2.75) is 46.3 Å². The molecule has 1 unspecified atom stereocenters. The van der Waals surface area contributed by atoms with E-state index < -0.39 is 28.5 Å². The number of carbonyl (C=O) groups is 2. The fourth-order valence-electron chi connectivity index (χ4n) is 3.37. The molecule has 180 valence electrons. The fourth-order valence-corrected chi connectivity index (χ4v) is 4.22. The summed E-state index contributed by atoms with van der Waals surface area (Å²) in [6.45, 7) is 6.98. The summed E-state index contributed by atoms with van der Waals surface area (Å²) in [5, 5.41) is 2.82. The zero-order chi connectivity index (χ0) is 24.8. The van der Waals surface area contributed by atoms with Gasteiger partial charge in [-0.2, -0.15) is 0 Å². The molecule has 2 aromatic rings. The minimum absolute atomic E-state index is 0.0971. The summed E-state index contributed by atoms with van der Waals surface area (Å²) in [6, 6.07) is 13.2. The number of methoxy groups -OCH3 is 1. The van der Waals surface area contributed by atoms with Gasteiger partial charge in [0.05, 0.1) is 19.1 Å². The Kier molecular flexibility index (Phi) is 8.87. The second-order valence-corrected chi connectivity index (χ2v) is 10.2. The number of nitrogens with one attached hydrogen (secondary N) is 1. The van der Waals surface area contributed by atoms with Crippen molar-refractivity contribution in [3.05, 3.63) is 59.7 Å². The van der Waals surface area contributed by atoms with Crippen LogP contribution in [0.3, 0.4) is 0 Å². The van der Waals surface area contributed by atoms with Gasteiger partial charge in [-0.05, 0) is 45.4 Å². The number of benzene rings is 2. The van der Waals surface area contributed by atoms with E-state index in [1.54, 1.807) is 31.2 Å². The first-order chi connectivity index (χ1) is 15.4. The summed E-state index contributed by atoms with van der Waals surface area (Å²) in [6.07, 6.45) is 1.04. The summed E-state index contributed by atoms with van der Waals surface area (Å²) in [7, 11) is -2.31. The molecule has 2 rings (SSSR count). The molecular weight excluding hydrogens is 442 g/mol. The van der Waals surface area contributed by atoms with Crippen molar-refractivity contribution in [1.29, 1.82) is 0 Å². The van der Waals surface area contributed by atoms with E-state index in [4.69, 9.17) is 4.74 Å². The van der Waals surface area contributed by atoms with E-state index in [-0.39, 0.29) is 18.5 Å².